The van der Waals surface area contributed by atoms with E-state index in [1.54, 1.807) is 4.40 Å². The summed E-state index contributed by atoms with van der Waals surface area (Å²) in [5, 5.41) is 2.07. The molecular formula is C48H51GeIrN3O-2. The monoisotopic (exact) mass is 952 g/mol. The molecule has 7 aromatic rings. The zero-order valence-electron chi connectivity index (χ0n) is 32.5. The first-order valence-corrected chi connectivity index (χ1v) is 26.7. The third-order valence-electron chi connectivity index (χ3n) is 10.7. The van der Waals surface area contributed by atoms with Crippen LogP contribution < -0.4 is 4.40 Å². The minimum absolute atomic E-state index is 0. The molecule has 1 unspecified atom stereocenters. The number of hydrogen-bond acceptors (Lipinski definition) is 4. The number of pyridine rings is 3. The van der Waals surface area contributed by atoms with Crippen molar-refractivity contribution in [2.75, 3.05) is 0 Å². The van der Waals surface area contributed by atoms with E-state index in [0.29, 0.717) is 17.5 Å². The Balaban J connectivity index is 0.000000205. The van der Waals surface area contributed by atoms with Crippen LogP contribution in [0.3, 0.4) is 0 Å². The second-order valence-electron chi connectivity index (χ2n) is 16.2. The number of benzene rings is 3. The van der Waals surface area contributed by atoms with E-state index < -0.39 is 13.3 Å². The van der Waals surface area contributed by atoms with Crippen molar-refractivity contribution >= 4 is 39.7 Å². The molecule has 6 heteroatoms. The average molecular weight is 951 g/mol. The summed E-state index contributed by atoms with van der Waals surface area (Å²) in [4.78, 5) is 14.2. The fraction of sp³-hybridized carbons (Fsp3) is 0.312. The minimum atomic E-state index is -1.86. The van der Waals surface area contributed by atoms with Gasteiger partial charge in [-0.15, -0.1) is 23.8 Å². The van der Waals surface area contributed by atoms with Crippen LogP contribution in [0, 0.1) is 24.0 Å². The largest absolute Gasteiger partial charge is 0.486 e. The van der Waals surface area contributed by atoms with Crippen LogP contribution in [0.25, 0.3) is 55.8 Å². The van der Waals surface area contributed by atoms with Crippen LogP contribution in [-0.2, 0) is 26.5 Å². The molecule has 1 radical (unpaired) electrons. The first kappa shape index (κ1) is 39.8. The molecule has 4 nitrogen and oxygen atoms in total. The molecule has 1 atom stereocenters. The molecule has 1 aliphatic carbocycles. The zero-order valence-corrected chi connectivity index (χ0v) is 36.9. The maximum Gasteiger partial charge on any atom is 0.216 e. The molecule has 1 saturated carbocycles. The molecule has 1 aliphatic rings. The summed E-state index contributed by atoms with van der Waals surface area (Å²) in [7, 11) is 0. The Morgan fingerprint density at radius 1 is 0.759 bits per heavy atom. The van der Waals surface area contributed by atoms with Crippen LogP contribution in [0.2, 0.25) is 17.3 Å². The molecule has 0 N–H and O–H groups in total. The Labute approximate surface area is 338 Å². The smallest absolute Gasteiger partial charge is 0.216 e. The van der Waals surface area contributed by atoms with Gasteiger partial charge in [0.2, 0.25) is 5.71 Å². The molecule has 4 aromatic heterocycles. The summed E-state index contributed by atoms with van der Waals surface area (Å²) >= 11 is -1.86. The Bertz CT molecular complexity index is 2290. The van der Waals surface area contributed by atoms with Gasteiger partial charge in [-0.05, 0) is 48.6 Å². The van der Waals surface area contributed by atoms with Crippen LogP contribution in [0.4, 0.5) is 0 Å². The molecule has 1 fully saturated rings. The number of furan rings is 1. The van der Waals surface area contributed by atoms with Crippen LogP contribution in [0.15, 0.2) is 114 Å². The number of fused-ring (bicyclic) bond motifs is 3. The van der Waals surface area contributed by atoms with Gasteiger partial charge in [-0.3, -0.25) is 0 Å². The third kappa shape index (κ3) is 9.30. The standard InChI is InChI=1S/C30H27N2O.C18H24GeN.Ir/c1-20(21-8-4-2-5-9-21)23-16-17-31-28(19-23)24-12-15-29-26(18-24)25-13-14-27(32-30(25)33-29)22-10-6-3-7-11-22;1-14(2)11-16-12-18(15-9-7-6-8-10-15)20-13-17(16)19(3,4)5;/h3,6-7,10-11,13-21H,2,4-5,8-9H2,1H3;6-9,12-14H,11H2,1-5H3;/q2*-1;. The van der Waals surface area contributed by atoms with Crippen molar-refractivity contribution in [2.45, 2.75) is 82.5 Å². The quantitative estimate of drug-likeness (QED) is 0.112. The van der Waals surface area contributed by atoms with Crippen LogP contribution in [0.5, 0.6) is 0 Å². The van der Waals surface area contributed by atoms with Gasteiger partial charge in [-0.1, -0.05) is 73.5 Å². The predicted octanol–water partition coefficient (Wildman–Crippen LogP) is 12.5. The summed E-state index contributed by atoms with van der Waals surface area (Å²) in [5.41, 5.74) is 10.4. The Morgan fingerprint density at radius 2 is 1.52 bits per heavy atom. The Morgan fingerprint density at radius 3 is 2.24 bits per heavy atom. The number of rotatable bonds is 8. The minimum Gasteiger partial charge on any atom is -0.486 e. The van der Waals surface area contributed by atoms with Gasteiger partial charge in [0, 0.05) is 37.3 Å². The average Bonchev–Trinajstić information content (AvgIpc) is 3.55. The molecular weight excluding hydrogens is 899 g/mol. The van der Waals surface area contributed by atoms with Gasteiger partial charge in [-0.25, -0.2) is 4.98 Å². The molecule has 54 heavy (non-hydrogen) atoms. The van der Waals surface area contributed by atoms with Gasteiger partial charge >= 0.3 is 126 Å². The van der Waals surface area contributed by atoms with Crippen molar-refractivity contribution in [3.8, 4) is 33.8 Å². The van der Waals surface area contributed by atoms with Gasteiger partial charge in [0.1, 0.15) is 0 Å². The molecule has 0 bridgehead atoms. The van der Waals surface area contributed by atoms with E-state index in [4.69, 9.17) is 14.4 Å². The van der Waals surface area contributed by atoms with Crippen molar-refractivity contribution in [1.29, 1.82) is 0 Å². The van der Waals surface area contributed by atoms with Crippen molar-refractivity contribution in [1.82, 2.24) is 15.0 Å². The number of hydrogen-bond donors (Lipinski definition) is 0. The van der Waals surface area contributed by atoms with Gasteiger partial charge in [0.25, 0.3) is 0 Å². The van der Waals surface area contributed by atoms with Gasteiger partial charge in [0.05, 0.1) is 11.3 Å². The maximum atomic E-state index is 6.08. The molecule has 4 heterocycles. The first-order chi connectivity index (χ1) is 25.6. The van der Waals surface area contributed by atoms with E-state index >= 15 is 0 Å². The van der Waals surface area contributed by atoms with E-state index in [9.17, 15) is 0 Å². The zero-order chi connectivity index (χ0) is 37.0. The molecule has 8 rings (SSSR count). The van der Waals surface area contributed by atoms with E-state index in [-0.39, 0.29) is 20.1 Å². The molecule has 0 saturated heterocycles. The normalized spacial score (nSPS) is 14.1. The molecule has 0 spiro atoms. The molecule has 3 aromatic carbocycles. The van der Waals surface area contributed by atoms with Gasteiger partial charge < -0.3 is 9.40 Å². The fourth-order valence-electron chi connectivity index (χ4n) is 7.78. The summed E-state index contributed by atoms with van der Waals surface area (Å²) in [6.45, 7) is 6.95. The molecule has 0 amide bonds. The first-order valence-electron chi connectivity index (χ1n) is 19.4. The Kier molecular flexibility index (Phi) is 13.0. The van der Waals surface area contributed by atoms with Crippen LogP contribution in [-0.4, -0.2) is 28.2 Å². The van der Waals surface area contributed by atoms with Gasteiger partial charge in [-0.2, -0.15) is 0 Å². The third-order valence-corrected chi connectivity index (χ3v) is 15.0. The van der Waals surface area contributed by atoms with E-state index in [0.717, 1.165) is 62.5 Å². The topological polar surface area (TPSA) is 51.8 Å². The van der Waals surface area contributed by atoms with Crippen molar-refractivity contribution in [2.24, 2.45) is 11.8 Å². The maximum absolute atomic E-state index is 6.08. The molecule has 279 valence electrons. The SMILES string of the molecule is CC(C)Cc1cc(-c2[c-]cccc2)nc[c]1[Ge]([CH3])([CH3])[CH3].CC(c1ccnc(-c2[c-]cc3oc4nc(-c5ccccc5)ccc4c3c2)c1)C1CCCCC1.[Ir]. The van der Waals surface area contributed by atoms with E-state index in [2.05, 4.69) is 116 Å². The summed E-state index contributed by atoms with van der Waals surface area (Å²) in [6, 6.07) is 39.9. The van der Waals surface area contributed by atoms with Crippen molar-refractivity contribution in [3.63, 3.8) is 0 Å². The van der Waals surface area contributed by atoms with Crippen LogP contribution >= 0.6 is 0 Å². The van der Waals surface area contributed by atoms with Crippen molar-refractivity contribution in [3.05, 3.63) is 133 Å². The summed E-state index contributed by atoms with van der Waals surface area (Å²) in [5.74, 6) is 9.34. The van der Waals surface area contributed by atoms with Crippen LogP contribution in [0.1, 0.15) is 69.9 Å². The number of nitrogens with zero attached hydrogens (tertiary/aromatic N) is 3. The second kappa shape index (κ2) is 17.7. The summed E-state index contributed by atoms with van der Waals surface area (Å²) < 4.78 is 7.62. The number of aromatic nitrogens is 3. The predicted molar refractivity (Wildman–Crippen MR) is 224 cm³/mol. The van der Waals surface area contributed by atoms with Gasteiger partial charge in [0.15, 0.2) is 0 Å². The fourth-order valence-corrected chi connectivity index (χ4v) is 11.1. The van der Waals surface area contributed by atoms with Crippen molar-refractivity contribution < 1.29 is 24.5 Å². The van der Waals surface area contributed by atoms with E-state index in [1.807, 2.05) is 48.7 Å². The molecule has 0 aliphatic heterocycles. The second-order valence-corrected chi connectivity index (χ2v) is 26.7. The Hall–Kier alpha value is -3.90. The van der Waals surface area contributed by atoms with E-state index in [1.165, 1.54) is 43.2 Å². The summed E-state index contributed by atoms with van der Waals surface area (Å²) in [6.07, 6.45) is 12.0.